The molecule has 0 bridgehead atoms. The summed E-state index contributed by atoms with van der Waals surface area (Å²) in [7, 11) is 0. The van der Waals surface area contributed by atoms with Gasteiger partial charge < -0.3 is 5.32 Å². The molecule has 0 saturated heterocycles. The van der Waals surface area contributed by atoms with Gasteiger partial charge in [0.15, 0.2) is 0 Å². The molecule has 1 aliphatic heterocycles. The molecule has 0 atom stereocenters. The maximum Gasteiger partial charge on any atom is 0.0465 e. The van der Waals surface area contributed by atoms with Gasteiger partial charge in [0.2, 0.25) is 0 Å². The Morgan fingerprint density at radius 3 is 2.93 bits per heavy atom. The molecular formula is C12H14N2. The van der Waals surface area contributed by atoms with Gasteiger partial charge in [0.25, 0.3) is 0 Å². The molecule has 1 aromatic rings. The lowest BCUT2D eigenvalue weighted by Gasteiger charge is -2.17. The zero-order valence-corrected chi connectivity index (χ0v) is 8.54. The molecule has 0 saturated carbocycles. The summed E-state index contributed by atoms with van der Waals surface area (Å²) >= 11 is 0. The third-order valence-electron chi connectivity index (χ3n) is 2.44. The standard InChI is InChI=1S/C12H14N2/c1-9-5-3-8-14-12(9)11-6-4-7-13-10(11)2/h3-7,14H,8H2,1-2H3. The Bertz CT molecular complexity index is 403. The van der Waals surface area contributed by atoms with Crippen molar-refractivity contribution in [2.24, 2.45) is 0 Å². The number of pyridine rings is 1. The average molecular weight is 186 g/mol. The first kappa shape index (κ1) is 9.00. The molecule has 2 heteroatoms. The van der Waals surface area contributed by atoms with E-state index in [2.05, 4.69) is 35.4 Å². The van der Waals surface area contributed by atoms with Gasteiger partial charge in [-0.3, -0.25) is 4.98 Å². The molecule has 1 aliphatic rings. The first-order valence-corrected chi connectivity index (χ1v) is 4.82. The summed E-state index contributed by atoms with van der Waals surface area (Å²) in [5.41, 5.74) is 4.75. The Labute approximate surface area is 84.4 Å². The van der Waals surface area contributed by atoms with Crippen LogP contribution in [0, 0.1) is 6.92 Å². The second-order valence-corrected chi connectivity index (χ2v) is 3.48. The fourth-order valence-electron chi connectivity index (χ4n) is 1.68. The van der Waals surface area contributed by atoms with E-state index in [1.54, 1.807) is 0 Å². The molecule has 2 rings (SSSR count). The Balaban J connectivity index is 2.49. The highest BCUT2D eigenvalue weighted by Crippen LogP contribution is 2.20. The van der Waals surface area contributed by atoms with Crippen LogP contribution in [-0.4, -0.2) is 11.5 Å². The number of nitrogens with one attached hydrogen (secondary N) is 1. The van der Waals surface area contributed by atoms with Crippen molar-refractivity contribution in [1.29, 1.82) is 0 Å². The monoisotopic (exact) mass is 186 g/mol. The normalized spacial score (nSPS) is 15.6. The van der Waals surface area contributed by atoms with Gasteiger partial charge in [0, 0.05) is 29.7 Å². The molecule has 1 aromatic heterocycles. The van der Waals surface area contributed by atoms with Gasteiger partial charge in [0.05, 0.1) is 0 Å². The Morgan fingerprint density at radius 2 is 2.21 bits per heavy atom. The SMILES string of the molecule is CC1=C(c2cccnc2C)NCC=C1. The largest absolute Gasteiger partial charge is 0.381 e. The molecule has 14 heavy (non-hydrogen) atoms. The number of aryl methyl sites for hydroxylation is 1. The third kappa shape index (κ3) is 1.55. The van der Waals surface area contributed by atoms with Crippen LogP contribution in [0.2, 0.25) is 0 Å². The molecular weight excluding hydrogens is 172 g/mol. The first-order chi connectivity index (χ1) is 6.79. The van der Waals surface area contributed by atoms with Crippen LogP contribution in [0.3, 0.4) is 0 Å². The minimum Gasteiger partial charge on any atom is -0.381 e. The summed E-state index contributed by atoms with van der Waals surface area (Å²) in [5, 5.41) is 3.38. The fourth-order valence-corrected chi connectivity index (χ4v) is 1.68. The van der Waals surface area contributed by atoms with Crippen LogP contribution in [0.1, 0.15) is 18.2 Å². The molecule has 0 aromatic carbocycles. The van der Waals surface area contributed by atoms with Crippen LogP contribution in [-0.2, 0) is 0 Å². The number of aromatic nitrogens is 1. The maximum absolute atomic E-state index is 4.29. The fraction of sp³-hybridized carbons (Fsp3) is 0.250. The Kier molecular flexibility index (Phi) is 2.35. The van der Waals surface area contributed by atoms with Crippen molar-refractivity contribution >= 4 is 5.70 Å². The summed E-state index contributed by atoms with van der Waals surface area (Å²) in [6.45, 7) is 5.06. The van der Waals surface area contributed by atoms with Crippen molar-refractivity contribution in [2.75, 3.05) is 6.54 Å². The lowest BCUT2D eigenvalue weighted by Crippen LogP contribution is -2.17. The van der Waals surface area contributed by atoms with Crippen LogP contribution < -0.4 is 5.32 Å². The summed E-state index contributed by atoms with van der Waals surface area (Å²) in [4.78, 5) is 4.29. The van der Waals surface area contributed by atoms with Gasteiger partial charge in [0.1, 0.15) is 0 Å². The topological polar surface area (TPSA) is 24.9 Å². The number of nitrogens with zero attached hydrogens (tertiary/aromatic N) is 1. The third-order valence-corrected chi connectivity index (χ3v) is 2.44. The van der Waals surface area contributed by atoms with E-state index in [4.69, 9.17) is 0 Å². The maximum atomic E-state index is 4.29. The van der Waals surface area contributed by atoms with E-state index in [0.717, 1.165) is 12.2 Å². The summed E-state index contributed by atoms with van der Waals surface area (Å²) in [5.74, 6) is 0. The van der Waals surface area contributed by atoms with Crippen molar-refractivity contribution in [3.63, 3.8) is 0 Å². The van der Waals surface area contributed by atoms with Crippen molar-refractivity contribution in [3.8, 4) is 0 Å². The predicted octanol–water partition coefficient (Wildman–Crippen LogP) is 2.28. The first-order valence-electron chi connectivity index (χ1n) is 4.82. The molecule has 0 spiro atoms. The van der Waals surface area contributed by atoms with Gasteiger partial charge in [-0.15, -0.1) is 0 Å². The van der Waals surface area contributed by atoms with Gasteiger partial charge >= 0.3 is 0 Å². The molecule has 2 nitrogen and oxygen atoms in total. The Morgan fingerprint density at radius 1 is 1.36 bits per heavy atom. The summed E-state index contributed by atoms with van der Waals surface area (Å²) in [6, 6.07) is 4.08. The van der Waals surface area contributed by atoms with Crippen molar-refractivity contribution in [2.45, 2.75) is 13.8 Å². The van der Waals surface area contributed by atoms with Crippen LogP contribution in [0.5, 0.6) is 0 Å². The van der Waals surface area contributed by atoms with E-state index in [0.29, 0.717) is 0 Å². The van der Waals surface area contributed by atoms with E-state index in [1.807, 2.05) is 19.2 Å². The molecule has 72 valence electrons. The minimum absolute atomic E-state index is 0.904. The van der Waals surface area contributed by atoms with Crippen molar-refractivity contribution in [1.82, 2.24) is 10.3 Å². The van der Waals surface area contributed by atoms with Crippen LogP contribution in [0.25, 0.3) is 5.70 Å². The van der Waals surface area contributed by atoms with E-state index in [1.165, 1.54) is 16.8 Å². The van der Waals surface area contributed by atoms with Crippen molar-refractivity contribution < 1.29 is 0 Å². The van der Waals surface area contributed by atoms with Crippen molar-refractivity contribution in [3.05, 3.63) is 47.3 Å². The molecule has 0 amide bonds. The predicted molar refractivity (Wildman–Crippen MR) is 58.7 cm³/mol. The second kappa shape index (κ2) is 3.66. The molecule has 0 unspecified atom stereocenters. The molecule has 2 heterocycles. The van der Waals surface area contributed by atoms with Crippen LogP contribution in [0.15, 0.2) is 36.1 Å². The van der Waals surface area contributed by atoms with E-state index in [9.17, 15) is 0 Å². The number of allylic oxidation sites excluding steroid dienone is 2. The Hall–Kier alpha value is -1.57. The van der Waals surface area contributed by atoms with E-state index in [-0.39, 0.29) is 0 Å². The highest BCUT2D eigenvalue weighted by Gasteiger charge is 2.08. The molecule has 1 N–H and O–H groups in total. The zero-order valence-electron chi connectivity index (χ0n) is 8.54. The zero-order chi connectivity index (χ0) is 9.97. The smallest absolute Gasteiger partial charge is 0.0465 e. The van der Waals surface area contributed by atoms with Gasteiger partial charge in [-0.25, -0.2) is 0 Å². The quantitative estimate of drug-likeness (QED) is 0.727. The van der Waals surface area contributed by atoms with Gasteiger partial charge in [-0.2, -0.15) is 0 Å². The molecule has 0 radical (unpaired) electrons. The van der Waals surface area contributed by atoms with Crippen LogP contribution >= 0.6 is 0 Å². The number of hydrogen-bond donors (Lipinski definition) is 1. The van der Waals surface area contributed by atoms with Crippen LogP contribution in [0.4, 0.5) is 0 Å². The summed E-state index contributed by atoms with van der Waals surface area (Å²) < 4.78 is 0. The molecule has 0 aliphatic carbocycles. The number of hydrogen-bond acceptors (Lipinski definition) is 2. The highest BCUT2D eigenvalue weighted by atomic mass is 14.9. The lowest BCUT2D eigenvalue weighted by atomic mass is 10.0. The average Bonchev–Trinajstić information content (AvgIpc) is 2.20. The highest BCUT2D eigenvalue weighted by molar-refractivity contribution is 5.71. The van der Waals surface area contributed by atoms with E-state index >= 15 is 0 Å². The number of dihydropyridines is 1. The molecule has 0 fully saturated rings. The minimum atomic E-state index is 0.904. The number of rotatable bonds is 1. The van der Waals surface area contributed by atoms with Gasteiger partial charge in [-0.05, 0) is 31.6 Å². The second-order valence-electron chi connectivity index (χ2n) is 3.48. The lowest BCUT2D eigenvalue weighted by molar-refractivity contribution is 0.971. The van der Waals surface area contributed by atoms with Gasteiger partial charge in [-0.1, -0.05) is 12.2 Å². The summed E-state index contributed by atoms with van der Waals surface area (Å²) in [6.07, 6.45) is 6.11. The van der Waals surface area contributed by atoms with E-state index < -0.39 is 0 Å².